The lowest BCUT2D eigenvalue weighted by molar-refractivity contribution is -0.127. The highest BCUT2D eigenvalue weighted by atomic mass is 32.1. The van der Waals surface area contributed by atoms with Crippen LogP contribution < -0.4 is 5.32 Å². The summed E-state index contributed by atoms with van der Waals surface area (Å²) in [6.07, 6.45) is 0.563. The van der Waals surface area contributed by atoms with Crippen LogP contribution in [0.1, 0.15) is 13.3 Å². The van der Waals surface area contributed by atoms with E-state index in [-0.39, 0.29) is 5.91 Å². The summed E-state index contributed by atoms with van der Waals surface area (Å²) in [5, 5.41) is 3.52. The van der Waals surface area contributed by atoms with Gasteiger partial charge >= 0.3 is 0 Å². The molecule has 0 atom stereocenters. The van der Waals surface area contributed by atoms with Gasteiger partial charge in [0.15, 0.2) is 5.11 Å². The van der Waals surface area contributed by atoms with E-state index < -0.39 is 0 Å². The van der Waals surface area contributed by atoms with Gasteiger partial charge in [-0.1, -0.05) is 0 Å². The third kappa shape index (κ3) is 1.26. The predicted octanol–water partition coefficient (Wildman–Crippen LogP) is 0.113. The van der Waals surface area contributed by atoms with E-state index in [9.17, 15) is 4.79 Å². The number of carbonyl (C=O) groups excluding carboxylic acids is 1. The van der Waals surface area contributed by atoms with Gasteiger partial charge in [-0.3, -0.25) is 9.69 Å². The molecule has 1 rings (SSSR count). The zero-order valence-electron chi connectivity index (χ0n) is 5.89. The van der Waals surface area contributed by atoms with Crippen molar-refractivity contribution in [3.05, 3.63) is 0 Å². The summed E-state index contributed by atoms with van der Waals surface area (Å²) in [7, 11) is 0. The van der Waals surface area contributed by atoms with E-state index in [0.717, 1.165) is 0 Å². The van der Waals surface area contributed by atoms with Crippen LogP contribution in [-0.4, -0.2) is 29.0 Å². The van der Waals surface area contributed by atoms with Crippen LogP contribution in [0.15, 0.2) is 0 Å². The molecule has 0 spiro atoms. The van der Waals surface area contributed by atoms with Gasteiger partial charge < -0.3 is 5.32 Å². The second-order valence-electron chi connectivity index (χ2n) is 2.12. The minimum absolute atomic E-state index is 0.131. The molecule has 1 N–H and O–H groups in total. The first-order valence-electron chi connectivity index (χ1n) is 3.34. The number of hydrogen-bond donors (Lipinski definition) is 1. The van der Waals surface area contributed by atoms with Crippen molar-refractivity contribution in [2.75, 3.05) is 13.1 Å². The molecular formula is C6H10N2OS. The first kappa shape index (κ1) is 7.47. The maximum atomic E-state index is 11.0. The van der Waals surface area contributed by atoms with Gasteiger partial charge in [0, 0.05) is 19.5 Å². The minimum atomic E-state index is 0.131. The highest BCUT2D eigenvalue weighted by Gasteiger charge is 2.19. The summed E-state index contributed by atoms with van der Waals surface area (Å²) in [6, 6.07) is 0. The Bertz CT molecular complexity index is 153. The molecule has 0 aromatic heterocycles. The Morgan fingerprint density at radius 3 is 2.90 bits per heavy atom. The third-order valence-corrected chi connectivity index (χ3v) is 1.84. The lowest BCUT2D eigenvalue weighted by Gasteiger charge is -2.26. The van der Waals surface area contributed by atoms with E-state index in [1.54, 1.807) is 4.90 Å². The Balaban J connectivity index is 2.62. The molecule has 0 aliphatic carbocycles. The number of rotatable bonds is 1. The molecule has 10 heavy (non-hydrogen) atoms. The largest absolute Gasteiger partial charge is 0.362 e. The van der Waals surface area contributed by atoms with Gasteiger partial charge in [0.25, 0.3) is 0 Å². The zero-order valence-corrected chi connectivity index (χ0v) is 6.70. The van der Waals surface area contributed by atoms with Gasteiger partial charge in [-0.2, -0.15) is 0 Å². The van der Waals surface area contributed by atoms with Gasteiger partial charge in [0.1, 0.15) is 0 Å². The van der Waals surface area contributed by atoms with Crippen LogP contribution in [0.3, 0.4) is 0 Å². The molecule has 4 heteroatoms. The fourth-order valence-corrected chi connectivity index (χ4v) is 1.27. The van der Waals surface area contributed by atoms with Crippen LogP contribution in [0, 0.1) is 0 Å². The number of nitrogens with one attached hydrogen (secondary N) is 1. The van der Waals surface area contributed by atoms with Gasteiger partial charge in [-0.15, -0.1) is 0 Å². The number of hydrogen-bond acceptors (Lipinski definition) is 2. The molecule has 0 aromatic carbocycles. The van der Waals surface area contributed by atoms with Crippen molar-refractivity contribution in [1.82, 2.24) is 10.2 Å². The smallest absolute Gasteiger partial charge is 0.230 e. The molecule has 0 unspecified atom stereocenters. The van der Waals surface area contributed by atoms with Crippen molar-refractivity contribution < 1.29 is 4.79 Å². The summed E-state index contributed by atoms with van der Waals surface area (Å²) < 4.78 is 0. The normalized spacial score (nSPS) is 19.1. The van der Waals surface area contributed by atoms with Crippen molar-refractivity contribution in [1.29, 1.82) is 0 Å². The van der Waals surface area contributed by atoms with E-state index in [0.29, 0.717) is 24.6 Å². The zero-order chi connectivity index (χ0) is 7.56. The van der Waals surface area contributed by atoms with Crippen molar-refractivity contribution in [2.24, 2.45) is 0 Å². The van der Waals surface area contributed by atoms with Crippen LogP contribution in [0.2, 0.25) is 0 Å². The standard InChI is InChI=1S/C6H10N2OS/c1-2-8-5(9)3-4-7-6(8)10/h2-4H2,1H3,(H,7,10). The molecule has 0 radical (unpaired) electrons. The van der Waals surface area contributed by atoms with Crippen molar-refractivity contribution in [3.8, 4) is 0 Å². The Labute approximate surface area is 65.4 Å². The first-order chi connectivity index (χ1) is 4.75. The molecule has 0 saturated carbocycles. The predicted molar refractivity (Wildman–Crippen MR) is 42.6 cm³/mol. The van der Waals surface area contributed by atoms with Gasteiger partial charge in [-0.05, 0) is 19.1 Å². The number of carbonyl (C=O) groups is 1. The lowest BCUT2D eigenvalue weighted by atomic mass is 10.3. The van der Waals surface area contributed by atoms with Crippen LogP contribution in [0.25, 0.3) is 0 Å². The fourth-order valence-electron chi connectivity index (χ4n) is 0.940. The maximum absolute atomic E-state index is 11.0. The average Bonchev–Trinajstić information content (AvgIpc) is 1.88. The highest BCUT2D eigenvalue weighted by Crippen LogP contribution is 1.99. The summed E-state index contributed by atoms with van der Waals surface area (Å²) in [6.45, 7) is 3.27. The number of thiocarbonyl (C=S) groups is 1. The molecule has 0 bridgehead atoms. The quantitative estimate of drug-likeness (QED) is 0.550. The maximum Gasteiger partial charge on any atom is 0.230 e. The molecule has 1 aliphatic rings. The molecule has 1 amide bonds. The van der Waals surface area contributed by atoms with Crippen molar-refractivity contribution in [3.63, 3.8) is 0 Å². The summed E-state index contributed by atoms with van der Waals surface area (Å²) >= 11 is 4.90. The van der Waals surface area contributed by atoms with Gasteiger partial charge in [0.2, 0.25) is 5.91 Å². The van der Waals surface area contributed by atoms with Crippen LogP contribution >= 0.6 is 12.2 Å². The van der Waals surface area contributed by atoms with Crippen LogP contribution in [0.4, 0.5) is 0 Å². The second-order valence-corrected chi connectivity index (χ2v) is 2.51. The molecular weight excluding hydrogens is 148 g/mol. The van der Waals surface area contributed by atoms with Crippen LogP contribution in [0.5, 0.6) is 0 Å². The topological polar surface area (TPSA) is 32.3 Å². The first-order valence-corrected chi connectivity index (χ1v) is 3.74. The molecule has 1 aliphatic heterocycles. The summed E-state index contributed by atoms with van der Waals surface area (Å²) in [4.78, 5) is 12.6. The molecule has 1 heterocycles. The van der Waals surface area contributed by atoms with E-state index in [1.807, 2.05) is 6.92 Å². The highest BCUT2D eigenvalue weighted by molar-refractivity contribution is 7.80. The van der Waals surface area contributed by atoms with E-state index in [2.05, 4.69) is 5.32 Å². The Kier molecular flexibility index (Phi) is 2.21. The van der Waals surface area contributed by atoms with E-state index >= 15 is 0 Å². The van der Waals surface area contributed by atoms with E-state index in [1.165, 1.54) is 0 Å². The van der Waals surface area contributed by atoms with Gasteiger partial charge in [-0.25, -0.2) is 0 Å². The van der Waals surface area contributed by atoms with Crippen LogP contribution in [-0.2, 0) is 4.79 Å². The van der Waals surface area contributed by atoms with Gasteiger partial charge in [0.05, 0.1) is 0 Å². The Morgan fingerprint density at radius 2 is 2.50 bits per heavy atom. The molecule has 1 saturated heterocycles. The molecule has 0 aromatic rings. The average molecular weight is 158 g/mol. The number of nitrogens with zero attached hydrogens (tertiary/aromatic N) is 1. The number of amides is 1. The lowest BCUT2D eigenvalue weighted by Crippen LogP contribution is -2.49. The Morgan fingerprint density at radius 1 is 1.80 bits per heavy atom. The van der Waals surface area contributed by atoms with E-state index in [4.69, 9.17) is 12.2 Å². The SMILES string of the molecule is CCN1C(=O)CCNC1=S. The summed E-state index contributed by atoms with van der Waals surface area (Å²) in [5.41, 5.74) is 0. The molecule has 56 valence electrons. The van der Waals surface area contributed by atoms with Crippen molar-refractivity contribution in [2.45, 2.75) is 13.3 Å². The monoisotopic (exact) mass is 158 g/mol. The Hall–Kier alpha value is -0.640. The summed E-state index contributed by atoms with van der Waals surface area (Å²) in [5.74, 6) is 0.131. The molecule has 1 fully saturated rings. The second kappa shape index (κ2) is 2.96. The fraction of sp³-hybridized carbons (Fsp3) is 0.667. The molecule has 3 nitrogen and oxygen atoms in total. The van der Waals surface area contributed by atoms with Crippen molar-refractivity contribution >= 4 is 23.2 Å². The third-order valence-electron chi connectivity index (χ3n) is 1.48. The minimum Gasteiger partial charge on any atom is -0.362 e.